The van der Waals surface area contributed by atoms with E-state index >= 15 is 0 Å². The van der Waals surface area contributed by atoms with Crippen LogP contribution in [0.2, 0.25) is 0 Å². The average molecular weight is 442 g/mol. The standard InChI is InChI=1S/C18H19N3O2S3.ClH/c1-13-11-24-17(19-13)10-18-20-16(12-25-18)14-4-6-15(7-5-14)26(22,23)21-8-2-3-9-21;/h4-7,11-12H,2-3,8-10H2,1H3;1H. The number of halogens is 1. The number of hydrogen-bond donors (Lipinski definition) is 0. The van der Waals surface area contributed by atoms with Crippen LogP contribution < -0.4 is 0 Å². The largest absolute Gasteiger partial charge is 0.246 e. The van der Waals surface area contributed by atoms with Gasteiger partial charge in [0.15, 0.2) is 0 Å². The zero-order valence-corrected chi connectivity index (χ0v) is 18.1. The number of aromatic nitrogens is 2. The third-order valence-electron chi connectivity index (χ3n) is 4.37. The summed E-state index contributed by atoms with van der Waals surface area (Å²) in [5.41, 5.74) is 2.85. The minimum Gasteiger partial charge on any atom is -0.246 e. The minimum atomic E-state index is -3.36. The second-order valence-corrected chi connectivity index (χ2v) is 10.1. The van der Waals surface area contributed by atoms with Gasteiger partial charge in [-0.1, -0.05) is 12.1 Å². The first-order valence-corrected chi connectivity index (χ1v) is 11.7. The molecule has 1 aliphatic rings. The maximum absolute atomic E-state index is 12.6. The van der Waals surface area contributed by atoms with Crippen LogP contribution >= 0.6 is 35.1 Å². The van der Waals surface area contributed by atoms with Crippen molar-refractivity contribution in [2.24, 2.45) is 0 Å². The van der Waals surface area contributed by atoms with Gasteiger partial charge in [0.05, 0.1) is 22.0 Å². The number of thiazole rings is 2. The lowest BCUT2D eigenvalue weighted by Crippen LogP contribution is -2.27. The first-order valence-electron chi connectivity index (χ1n) is 8.48. The van der Waals surface area contributed by atoms with Gasteiger partial charge in [-0.3, -0.25) is 0 Å². The zero-order valence-electron chi connectivity index (χ0n) is 14.8. The van der Waals surface area contributed by atoms with Gasteiger partial charge in [0.25, 0.3) is 0 Å². The quantitative estimate of drug-likeness (QED) is 0.589. The fourth-order valence-electron chi connectivity index (χ4n) is 3.01. The van der Waals surface area contributed by atoms with E-state index < -0.39 is 10.0 Å². The van der Waals surface area contributed by atoms with Crippen LogP contribution in [0.5, 0.6) is 0 Å². The Labute approximate surface area is 173 Å². The van der Waals surface area contributed by atoms with E-state index in [2.05, 4.69) is 9.97 Å². The van der Waals surface area contributed by atoms with Crippen LogP contribution in [0.25, 0.3) is 11.3 Å². The van der Waals surface area contributed by atoms with Gasteiger partial charge in [0.2, 0.25) is 10.0 Å². The first-order chi connectivity index (χ1) is 12.5. The summed E-state index contributed by atoms with van der Waals surface area (Å²) in [6.45, 7) is 3.23. The Morgan fingerprint density at radius 3 is 2.26 bits per heavy atom. The molecule has 0 spiro atoms. The molecule has 0 amide bonds. The molecule has 0 N–H and O–H groups in total. The molecule has 9 heteroatoms. The Morgan fingerprint density at radius 1 is 1.00 bits per heavy atom. The molecular formula is C18H20ClN3O2S3. The highest BCUT2D eigenvalue weighted by atomic mass is 35.5. The van der Waals surface area contributed by atoms with Gasteiger partial charge >= 0.3 is 0 Å². The van der Waals surface area contributed by atoms with Crippen LogP contribution in [0.4, 0.5) is 0 Å². The molecule has 0 saturated carbocycles. The predicted molar refractivity (Wildman–Crippen MR) is 112 cm³/mol. The number of hydrogen-bond acceptors (Lipinski definition) is 6. The van der Waals surface area contributed by atoms with Crippen molar-refractivity contribution in [1.82, 2.24) is 14.3 Å². The average Bonchev–Trinajstić information content (AvgIpc) is 3.37. The van der Waals surface area contributed by atoms with Gasteiger partial charge in [-0.2, -0.15) is 4.31 Å². The third kappa shape index (κ3) is 4.41. The van der Waals surface area contributed by atoms with E-state index in [9.17, 15) is 8.42 Å². The van der Waals surface area contributed by atoms with Crippen molar-refractivity contribution in [3.63, 3.8) is 0 Å². The van der Waals surface area contributed by atoms with E-state index in [-0.39, 0.29) is 12.4 Å². The molecule has 0 aliphatic carbocycles. The fourth-order valence-corrected chi connectivity index (χ4v) is 6.21. The summed E-state index contributed by atoms with van der Waals surface area (Å²) in [7, 11) is -3.36. The van der Waals surface area contributed by atoms with Crippen molar-refractivity contribution >= 4 is 45.1 Å². The van der Waals surface area contributed by atoms with Gasteiger partial charge in [-0.25, -0.2) is 18.4 Å². The summed E-state index contributed by atoms with van der Waals surface area (Å²) in [6.07, 6.45) is 2.62. The van der Waals surface area contributed by atoms with Gasteiger partial charge in [0, 0.05) is 35.1 Å². The van der Waals surface area contributed by atoms with Crippen molar-refractivity contribution in [2.45, 2.75) is 31.1 Å². The van der Waals surface area contributed by atoms with Gasteiger partial charge in [-0.05, 0) is 31.9 Å². The van der Waals surface area contributed by atoms with Gasteiger partial charge in [0.1, 0.15) is 5.01 Å². The Hall–Kier alpha value is -1.32. The molecule has 0 unspecified atom stereocenters. The zero-order chi connectivity index (χ0) is 18.1. The lowest BCUT2D eigenvalue weighted by Gasteiger charge is -2.15. The van der Waals surface area contributed by atoms with Crippen LogP contribution in [-0.2, 0) is 16.4 Å². The monoisotopic (exact) mass is 441 g/mol. The van der Waals surface area contributed by atoms with E-state index in [0.29, 0.717) is 18.0 Å². The molecule has 0 atom stereocenters. The van der Waals surface area contributed by atoms with Crippen LogP contribution in [0.3, 0.4) is 0 Å². The van der Waals surface area contributed by atoms with E-state index in [1.165, 1.54) is 0 Å². The second kappa shape index (κ2) is 8.36. The normalized spacial score (nSPS) is 15.0. The highest BCUT2D eigenvalue weighted by Crippen LogP contribution is 2.27. The van der Waals surface area contributed by atoms with Crippen LogP contribution in [0, 0.1) is 6.92 Å². The number of rotatable bonds is 5. The lowest BCUT2D eigenvalue weighted by atomic mass is 10.2. The van der Waals surface area contributed by atoms with Crippen molar-refractivity contribution < 1.29 is 8.42 Å². The number of benzene rings is 1. The molecular weight excluding hydrogens is 422 g/mol. The van der Waals surface area contributed by atoms with Gasteiger partial charge < -0.3 is 0 Å². The van der Waals surface area contributed by atoms with Crippen molar-refractivity contribution in [1.29, 1.82) is 0 Å². The molecule has 3 aromatic rings. The Morgan fingerprint density at radius 2 is 1.63 bits per heavy atom. The highest BCUT2D eigenvalue weighted by molar-refractivity contribution is 7.89. The summed E-state index contributed by atoms with van der Waals surface area (Å²) in [6, 6.07) is 7.06. The molecule has 1 fully saturated rings. The SMILES string of the molecule is Cc1csc(Cc2nc(-c3ccc(S(=O)(=O)N4CCCC4)cc3)cs2)n1.Cl. The van der Waals surface area contributed by atoms with E-state index in [4.69, 9.17) is 0 Å². The minimum absolute atomic E-state index is 0. The van der Waals surface area contributed by atoms with Crippen LogP contribution in [0.15, 0.2) is 39.9 Å². The highest BCUT2D eigenvalue weighted by Gasteiger charge is 2.27. The van der Waals surface area contributed by atoms with E-state index in [1.807, 2.05) is 29.8 Å². The second-order valence-electron chi connectivity index (χ2n) is 6.32. The maximum Gasteiger partial charge on any atom is 0.243 e. The Balaban J connectivity index is 0.00000210. The molecule has 144 valence electrons. The topological polar surface area (TPSA) is 63.2 Å². The summed E-state index contributed by atoms with van der Waals surface area (Å²) in [5.74, 6) is 0. The molecule has 0 bridgehead atoms. The van der Waals surface area contributed by atoms with Crippen LogP contribution in [-0.4, -0.2) is 35.8 Å². The maximum atomic E-state index is 12.6. The summed E-state index contributed by atoms with van der Waals surface area (Å²) in [5, 5.41) is 6.14. The molecule has 4 rings (SSSR count). The number of aryl methyl sites for hydroxylation is 1. The van der Waals surface area contributed by atoms with Crippen molar-refractivity contribution in [3.05, 3.63) is 50.7 Å². The lowest BCUT2D eigenvalue weighted by molar-refractivity contribution is 0.477. The van der Waals surface area contributed by atoms with E-state index in [0.717, 1.165) is 46.2 Å². The Kier molecular flexibility index (Phi) is 6.32. The molecule has 0 radical (unpaired) electrons. The molecule has 3 heterocycles. The van der Waals surface area contributed by atoms with Gasteiger partial charge in [-0.15, -0.1) is 35.1 Å². The molecule has 2 aromatic heterocycles. The molecule has 5 nitrogen and oxygen atoms in total. The number of nitrogens with zero attached hydrogens (tertiary/aromatic N) is 3. The first kappa shape index (κ1) is 20.4. The fraction of sp³-hybridized carbons (Fsp3) is 0.333. The molecule has 1 saturated heterocycles. The van der Waals surface area contributed by atoms with Crippen molar-refractivity contribution in [2.75, 3.05) is 13.1 Å². The molecule has 1 aromatic carbocycles. The summed E-state index contributed by atoms with van der Waals surface area (Å²) < 4.78 is 26.8. The number of sulfonamides is 1. The van der Waals surface area contributed by atoms with Crippen molar-refractivity contribution in [3.8, 4) is 11.3 Å². The molecule has 27 heavy (non-hydrogen) atoms. The summed E-state index contributed by atoms with van der Waals surface area (Å²) >= 11 is 3.26. The third-order valence-corrected chi connectivity index (χ3v) is 8.10. The van der Waals surface area contributed by atoms with Crippen LogP contribution in [0.1, 0.15) is 28.6 Å². The molecule has 1 aliphatic heterocycles. The smallest absolute Gasteiger partial charge is 0.243 e. The van der Waals surface area contributed by atoms with E-state index in [1.54, 1.807) is 39.1 Å². The summed E-state index contributed by atoms with van der Waals surface area (Å²) in [4.78, 5) is 9.52. The predicted octanol–water partition coefficient (Wildman–Crippen LogP) is 4.37. The Bertz CT molecular complexity index is 1010.